The summed E-state index contributed by atoms with van der Waals surface area (Å²) in [6.07, 6.45) is 2.17. The summed E-state index contributed by atoms with van der Waals surface area (Å²) in [6, 6.07) is 6.21. The van der Waals surface area contributed by atoms with Crippen LogP contribution in [-0.4, -0.2) is 53.0 Å². The number of carbonyl (C=O) groups is 3. The first-order valence-electron chi connectivity index (χ1n) is 10.8. The van der Waals surface area contributed by atoms with Gasteiger partial charge in [0.05, 0.1) is 13.7 Å². The van der Waals surface area contributed by atoms with E-state index in [1.165, 1.54) is 4.90 Å². The van der Waals surface area contributed by atoms with Gasteiger partial charge in [-0.05, 0) is 64.7 Å². The number of ether oxygens (including phenoxy) is 1. The summed E-state index contributed by atoms with van der Waals surface area (Å²) in [5.41, 5.74) is 0.715. The predicted molar refractivity (Wildman–Crippen MR) is 118 cm³/mol. The van der Waals surface area contributed by atoms with Crippen LogP contribution in [0, 0.1) is 0 Å². The van der Waals surface area contributed by atoms with Gasteiger partial charge < -0.3 is 20.7 Å². The molecule has 0 unspecified atom stereocenters. The highest BCUT2D eigenvalue weighted by molar-refractivity contribution is 6.04. The van der Waals surface area contributed by atoms with E-state index < -0.39 is 12.1 Å². The highest BCUT2D eigenvalue weighted by Crippen LogP contribution is 2.28. The number of nitrogens with one attached hydrogen (secondary N) is 3. The van der Waals surface area contributed by atoms with Gasteiger partial charge >= 0.3 is 6.03 Å². The lowest BCUT2D eigenvalue weighted by Gasteiger charge is -2.46. The molecule has 2 fully saturated rings. The standard InChI is InChI=1S/C23H34N4O4/c1-22(2)12-16(13-23(3,4)26-22)24-19(28)11-10-18-20(29)27(21(30)25-18)14-15-6-8-17(31-5)9-7-15/h6-9,16,18,26H,10-14H2,1-5H3,(H,24,28)(H,25,30)/t18-/m0/s1. The van der Waals surface area contributed by atoms with E-state index in [2.05, 4.69) is 43.6 Å². The van der Waals surface area contributed by atoms with Gasteiger partial charge in [-0.1, -0.05) is 12.1 Å². The first-order chi connectivity index (χ1) is 14.5. The zero-order valence-electron chi connectivity index (χ0n) is 19.1. The van der Waals surface area contributed by atoms with Crippen LogP contribution < -0.4 is 20.7 Å². The van der Waals surface area contributed by atoms with Gasteiger partial charge in [0.15, 0.2) is 0 Å². The number of rotatable bonds is 7. The average Bonchev–Trinajstić information content (AvgIpc) is 2.92. The Morgan fingerprint density at radius 3 is 2.32 bits per heavy atom. The Labute approximate surface area is 184 Å². The van der Waals surface area contributed by atoms with Gasteiger partial charge in [-0.15, -0.1) is 0 Å². The second kappa shape index (κ2) is 8.86. The Hall–Kier alpha value is -2.61. The molecule has 3 rings (SSSR count). The highest BCUT2D eigenvalue weighted by Gasteiger charge is 2.39. The molecule has 1 aromatic carbocycles. The summed E-state index contributed by atoms with van der Waals surface area (Å²) in [5, 5.41) is 9.42. The zero-order valence-corrected chi connectivity index (χ0v) is 19.1. The number of carbonyl (C=O) groups excluding carboxylic acids is 3. The number of methoxy groups -OCH3 is 1. The van der Waals surface area contributed by atoms with Crippen LogP contribution in [0.4, 0.5) is 4.79 Å². The molecule has 0 saturated carbocycles. The molecule has 1 aromatic rings. The van der Waals surface area contributed by atoms with Crippen molar-refractivity contribution in [2.75, 3.05) is 7.11 Å². The van der Waals surface area contributed by atoms with E-state index in [1.807, 2.05) is 12.1 Å². The number of piperidine rings is 1. The van der Waals surface area contributed by atoms with Crippen molar-refractivity contribution in [2.45, 2.75) is 83.1 Å². The Bertz CT molecular complexity index is 818. The summed E-state index contributed by atoms with van der Waals surface area (Å²) < 4.78 is 5.13. The topological polar surface area (TPSA) is 99.8 Å². The van der Waals surface area contributed by atoms with Crippen LogP contribution >= 0.6 is 0 Å². The molecule has 0 aromatic heterocycles. The monoisotopic (exact) mass is 430 g/mol. The van der Waals surface area contributed by atoms with Crippen LogP contribution in [0.2, 0.25) is 0 Å². The summed E-state index contributed by atoms with van der Waals surface area (Å²) in [6.45, 7) is 8.74. The maximum Gasteiger partial charge on any atom is 0.325 e. The van der Waals surface area contributed by atoms with Crippen LogP contribution in [0.5, 0.6) is 5.75 Å². The zero-order chi connectivity index (χ0) is 22.8. The smallest absolute Gasteiger partial charge is 0.325 e. The van der Waals surface area contributed by atoms with E-state index >= 15 is 0 Å². The molecule has 0 radical (unpaired) electrons. The summed E-state index contributed by atoms with van der Waals surface area (Å²) in [5.74, 6) is 0.331. The van der Waals surface area contributed by atoms with Crippen LogP contribution in [0.3, 0.4) is 0 Å². The molecule has 2 aliphatic heterocycles. The van der Waals surface area contributed by atoms with Gasteiger partial charge in [-0.2, -0.15) is 0 Å². The third-order valence-corrected chi connectivity index (χ3v) is 5.82. The molecule has 1 atom stereocenters. The number of benzene rings is 1. The summed E-state index contributed by atoms with van der Waals surface area (Å²) in [7, 11) is 1.58. The molecular weight excluding hydrogens is 396 g/mol. The molecule has 8 nitrogen and oxygen atoms in total. The van der Waals surface area contributed by atoms with Crippen molar-refractivity contribution >= 4 is 17.8 Å². The molecule has 3 N–H and O–H groups in total. The quantitative estimate of drug-likeness (QED) is 0.577. The number of imide groups is 1. The van der Waals surface area contributed by atoms with Crippen LogP contribution in [0.1, 0.15) is 58.9 Å². The number of urea groups is 1. The maximum atomic E-state index is 12.7. The predicted octanol–water partition coefficient (Wildman–Crippen LogP) is 2.32. The second-order valence-corrected chi connectivity index (χ2v) is 9.88. The van der Waals surface area contributed by atoms with Crippen molar-refractivity contribution in [1.82, 2.24) is 20.9 Å². The SMILES string of the molecule is COc1ccc(CN2C(=O)N[C@@H](CCC(=O)NC3CC(C)(C)NC(C)(C)C3)C2=O)cc1. The molecule has 170 valence electrons. The number of nitrogens with zero attached hydrogens (tertiary/aromatic N) is 1. The van der Waals surface area contributed by atoms with E-state index in [0.29, 0.717) is 5.75 Å². The molecule has 31 heavy (non-hydrogen) atoms. The molecule has 0 bridgehead atoms. The van der Waals surface area contributed by atoms with Crippen molar-refractivity contribution < 1.29 is 19.1 Å². The van der Waals surface area contributed by atoms with Crippen LogP contribution in [-0.2, 0) is 16.1 Å². The molecule has 8 heteroatoms. The lowest BCUT2D eigenvalue weighted by atomic mass is 9.79. The van der Waals surface area contributed by atoms with Crippen molar-refractivity contribution in [2.24, 2.45) is 0 Å². The number of hydrogen-bond acceptors (Lipinski definition) is 5. The maximum absolute atomic E-state index is 12.7. The third-order valence-electron chi connectivity index (χ3n) is 5.82. The van der Waals surface area contributed by atoms with E-state index in [1.54, 1.807) is 19.2 Å². The highest BCUT2D eigenvalue weighted by atomic mass is 16.5. The van der Waals surface area contributed by atoms with Crippen molar-refractivity contribution in [3.63, 3.8) is 0 Å². The Morgan fingerprint density at radius 2 is 1.74 bits per heavy atom. The largest absolute Gasteiger partial charge is 0.497 e. The Balaban J connectivity index is 1.50. The summed E-state index contributed by atoms with van der Waals surface area (Å²) >= 11 is 0. The lowest BCUT2D eigenvalue weighted by Crippen LogP contribution is -2.62. The Morgan fingerprint density at radius 1 is 1.13 bits per heavy atom. The van der Waals surface area contributed by atoms with Crippen molar-refractivity contribution in [1.29, 1.82) is 0 Å². The van der Waals surface area contributed by atoms with Gasteiger partial charge in [0.2, 0.25) is 5.91 Å². The normalized spacial score (nSPS) is 22.9. The molecule has 2 saturated heterocycles. The molecule has 0 spiro atoms. The van der Waals surface area contributed by atoms with Gasteiger partial charge in [0, 0.05) is 23.5 Å². The molecular formula is C23H34N4O4. The van der Waals surface area contributed by atoms with Gasteiger partial charge in [0.1, 0.15) is 11.8 Å². The average molecular weight is 431 g/mol. The summed E-state index contributed by atoms with van der Waals surface area (Å²) in [4.78, 5) is 38.7. The minimum Gasteiger partial charge on any atom is -0.497 e. The Kier molecular flexibility index (Phi) is 6.59. The molecule has 0 aliphatic carbocycles. The molecule has 2 heterocycles. The van der Waals surface area contributed by atoms with Gasteiger partial charge in [0.25, 0.3) is 5.91 Å². The minimum atomic E-state index is -0.669. The van der Waals surface area contributed by atoms with Crippen molar-refractivity contribution in [3.05, 3.63) is 29.8 Å². The van der Waals surface area contributed by atoms with E-state index in [-0.39, 0.29) is 48.3 Å². The molecule has 4 amide bonds. The number of hydrogen-bond donors (Lipinski definition) is 3. The fraction of sp³-hybridized carbons (Fsp3) is 0.609. The number of amides is 4. The fourth-order valence-electron chi connectivity index (χ4n) is 4.84. The molecule has 2 aliphatic rings. The fourth-order valence-corrected chi connectivity index (χ4v) is 4.84. The van der Waals surface area contributed by atoms with Crippen molar-refractivity contribution in [3.8, 4) is 5.75 Å². The third kappa shape index (κ3) is 5.97. The second-order valence-electron chi connectivity index (χ2n) is 9.88. The minimum absolute atomic E-state index is 0.0585. The first-order valence-corrected chi connectivity index (χ1v) is 10.8. The van der Waals surface area contributed by atoms with Gasteiger partial charge in [-0.25, -0.2) is 4.79 Å². The van der Waals surface area contributed by atoms with Gasteiger partial charge in [-0.3, -0.25) is 14.5 Å². The van der Waals surface area contributed by atoms with E-state index in [4.69, 9.17) is 4.74 Å². The van der Waals surface area contributed by atoms with E-state index in [9.17, 15) is 14.4 Å². The van der Waals surface area contributed by atoms with E-state index in [0.717, 1.165) is 18.4 Å². The van der Waals surface area contributed by atoms with Crippen LogP contribution in [0.25, 0.3) is 0 Å². The lowest BCUT2D eigenvalue weighted by molar-refractivity contribution is -0.128. The van der Waals surface area contributed by atoms with Crippen LogP contribution in [0.15, 0.2) is 24.3 Å². The first kappa shape index (κ1) is 23.1.